The first-order valence-electron chi connectivity index (χ1n) is 11.9. The minimum Gasteiger partial charge on any atom is -0.376 e. The number of benzene rings is 3. The van der Waals surface area contributed by atoms with Crippen LogP contribution in [0.1, 0.15) is 47.4 Å². The third kappa shape index (κ3) is 7.43. The molecule has 0 unspecified atom stereocenters. The number of para-hydroxylation sites is 1. The summed E-state index contributed by atoms with van der Waals surface area (Å²) in [6.45, 7) is 5.29. The zero-order valence-corrected chi connectivity index (χ0v) is 20.2. The van der Waals surface area contributed by atoms with E-state index in [1.54, 1.807) is 53.4 Å². The van der Waals surface area contributed by atoms with Crippen LogP contribution in [0.25, 0.3) is 0 Å². The average molecular weight is 473 g/mol. The summed E-state index contributed by atoms with van der Waals surface area (Å²) in [4.78, 5) is 39.0. The topological polar surface area (TPSA) is 90.5 Å². The molecule has 3 aromatic rings. The standard InChI is InChI=1S/C28H32N4O3/c1-3-5-19-29-27(34)21-11-15-23(16-12-21)30-20-26(33)31-24-17-13-22(14-18-24)28(35)32(4-2)25-9-7-6-8-10-25/h6-18,30H,3-5,19-20H2,1-2H3,(H,29,34)(H,31,33). The fourth-order valence-corrected chi connectivity index (χ4v) is 3.51. The van der Waals surface area contributed by atoms with Crippen LogP contribution in [0.4, 0.5) is 17.1 Å². The van der Waals surface area contributed by atoms with Crippen molar-refractivity contribution in [3.63, 3.8) is 0 Å². The normalized spacial score (nSPS) is 10.3. The van der Waals surface area contributed by atoms with Crippen LogP contribution in [0.2, 0.25) is 0 Å². The fourth-order valence-electron chi connectivity index (χ4n) is 3.51. The minimum absolute atomic E-state index is 0.0698. The lowest BCUT2D eigenvalue weighted by molar-refractivity contribution is -0.114. The van der Waals surface area contributed by atoms with E-state index in [-0.39, 0.29) is 24.3 Å². The van der Waals surface area contributed by atoms with E-state index in [1.165, 1.54) is 0 Å². The van der Waals surface area contributed by atoms with E-state index >= 15 is 0 Å². The maximum atomic E-state index is 12.9. The van der Waals surface area contributed by atoms with Crippen LogP contribution in [0.5, 0.6) is 0 Å². The molecule has 0 fully saturated rings. The lowest BCUT2D eigenvalue weighted by atomic mass is 10.1. The van der Waals surface area contributed by atoms with Crippen molar-refractivity contribution >= 4 is 34.8 Å². The van der Waals surface area contributed by atoms with Crippen LogP contribution in [0, 0.1) is 0 Å². The lowest BCUT2D eigenvalue weighted by Crippen LogP contribution is -2.30. The van der Waals surface area contributed by atoms with Gasteiger partial charge in [0.05, 0.1) is 6.54 Å². The molecule has 182 valence electrons. The zero-order valence-electron chi connectivity index (χ0n) is 20.2. The molecule has 0 radical (unpaired) electrons. The maximum Gasteiger partial charge on any atom is 0.258 e. The Hall–Kier alpha value is -4.13. The third-order valence-electron chi connectivity index (χ3n) is 5.46. The third-order valence-corrected chi connectivity index (χ3v) is 5.46. The van der Waals surface area contributed by atoms with Gasteiger partial charge in [-0.05, 0) is 74.0 Å². The number of unbranched alkanes of at least 4 members (excludes halogenated alkanes) is 1. The van der Waals surface area contributed by atoms with E-state index in [4.69, 9.17) is 0 Å². The van der Waals surface area contributed by atoms with Crippen LogP contribution in [0.15, 0.2) is 78.9 Å². The molecule has 3 rings (SSSR count). The number of hydrogen-bond acceptors (Lipinski definition) is 4. The van der Waals surface area contributed by atoms with Gasteiger partial charge in [-0.2, -0.15) is 0 Å². The Kier molecular flexibility index (Phi) is 9.42. The van der Waals surface area contributed by atoms with Gasteiger partial charge < -0.3 is 20.9 Å². The molecule has 0 aliphatic carbocycles. The average Bonchev–Trinajstić information content (AvgIpc) is 2.89. The van der Waals surface area contributed by atoms with Crippen molar-refractivity contribution in [2.75, 3.05) is 35.2 Å². The predicted molar refractivity (Wildman–Crippen MR) is 141 cm³/mol. The summed E-state index contributed by atoms with van der Waals surface area (Å²) in [5, 5.41) is 8.75. The minimum atomic E-state index is -0.218. The fraction of sp³-hybridized carbons (Fsp3) is 0.250. The highest BCUT2D eigenvalue weighted by atomic mass is 16.2. The van der Waals surface area contributed by atoms with Crippen molar-refractivity contribution < 1.29 is 14.4 Å². The molecular weight excluding hydrogens is 440 g/mol. The Labute approximate surface area is 206 Å². The zero-order chi connectivity index (χ0) is 25.0. The highest BCUT2D eigenvalue weighted by Gasteiger charge is 2.16. The predicted octanol–water partition coefficient (Wildman–Crippen LogP) is 4.93. The van der Waals surface area contributed by atoms with Gasteiger partial charge in [-0.3, -0.25) is 14.4 Å². The summed E-state index contributed by atoms with van der Waals surface area (Å²) in [6.07, 6.45) is 1.98. The van der Waals surface area contributed by atoms with Crippen LogP contribution >= 0.6 is 0 Å². The molecule has 3 aromatic carbocycles. The van der Waals surface area contributed by atoms with Crippen molar-refractivity contribution in [3.05, 3.63) is 90.0 Å². The van der Waals surface area contributed by atoms with Crippen molar-refractivity contribution in [2.24, 2.45) is 0 Å². The molecular formula is C28H32N4O3. The van der Waals surface area contributed by atoms with Gasteiger partial charge in [-0.25, -0.2) is 0 Å². The summed E-state index contributed by atoms with van der Waals surface area (Å²) in [7, 11) is 0. The Bertz CT molecular complexity index is 1110. The van der Waals surface area contributed by atoms with Crippen LogP contribution in [-0.4, -0.2) is 37.4 Å². The maximum absolute atomic E-state index is 12.9. The van der Waals surface area contributed by atoms with Crippen molar-refractivity contribution in [1.82, 2.24) is 5.32 Å². The van der Waals surface area contributed by atoms with Gasteiger partial charge in [0, 0.05) is 41.3 Å². The monoisotopic (exact) mass is 472 g/mol. The second-order valence-corrected chi connectivity index (χ2v) is 8.05. The number of nitrogens with one attached hydrogen (secondary N) is 3. The Morgan fingerprint density at radius 1 is 0.771 bits per heavy atom. The Morgan fingerprint density at radius 3 is 2.03 bits per heavy atom. The van der Waals surface area contributed by atoms with Gasteiger partial charge in [0.2, 0.25) is 5.91 Å². The molecule has 0 atom stereocenters. The Morgan fingerprint density at radius 2 is 1.40 bits per heavy atom. The second-order valence-electron chi connectivity index (χ2n) is 8.05. The van der Waals surface area contributed by atoms with E-state index in [1.807, 2.05) is 37.3 Å². The molecule has 0 saturated carbocycles. The number of rotatable bonds is 11. The molecule has 7 nitrogen and oxygen atoms in total. The molecule has 0 heterocycles. The number of carbonyl (C=O) groups is 3. The SMILES string of the molecule is CCCCNC(=O)c1ccc(NCC(=O)Nc2ccc(C(=O)N(CC)c3ccccc3)cc2)cc1. The molecule has 0 aliphatic rings. The van der Waals surface area contributed by atoms with Crippen molar-refractivity contribution in [2.45, 2.75) is 26.7 Å². The summed E-state index contributed by atoms with van der Waals surface area (Å²) in [5.41, 5.74) is 3.32. The van der Waals surface area contributed by atoms with Gasteiger partial charge in [-0.15, -0.1) is 0 Å². The van der Waals surface area contributed by atoms with Crippen LogP contribution < -0.4 is 20.9 Å². The summed E-state index contributed by atoms with van der Waals surface area (Å²) in [5.74, 6) is -0.416. The molecule has 0 aromatic heterocycles. The van der Waals surface area contributed by atoms with Crippen molar-refractivity contribution in [1.29, 1.82) is 0 Å². The van der Waals surface area contributed by atoms with E-state index < -0.39 is 0 Å². The number of amides is 3. The number of anilines is 3. The molecule has 3 N–H and O–H groups in total. The van der Waals surface area contributed by atoms with E-state index in [0.29, 0.717) is 29.9 Å². The molecule has 0 saturated heterocycles. The van der Waals surface area contributed by atoms with Crippen molar-refractivity contribution in [3.8, 4) is 0 Å². The second kappa shape index (κ2) is 12.9. The highest BCUT2D eigenvalue weighted by molar-refractivity contribution is 6.06. The highest BCUT2D eigenvalue weighted by Crippen LogP contribution is 2.18. The number of carbonyl (C=O) groups excluding carboxylic acids is 3. The largest absolute Gasteiger partial charge is 0.376 e. The van der Waals surface area contributed by atoms with E-state index in [9.17, 15) is 14.4 Å². The van der Waals surface area contributed by atoms with Gasteiger partial charge in [0.15, 0.2) is 0 Å². The molecule has 3 amide bonds. The first kappa shape index (κ1) is 25.5. The van der Waals surface area contributed by atoms with Gasteiger partial charge >= 0.3 is 0 Å². The van der Waals surface area contributed by atoms with Crippen LogP contribution in [0.3, 0.4) is 0 Å². The first-order valence-corrected chi connectivity index (χ1v) is 11.9. The molecule has 0 bridgehead atoms. The lowest BCUT2D eigenvalue weighted by Gasteiger charge is -2.21. The summed E-state index contributed by atoms with van der Waals surface area (Å²) < 4.78 is 0. The molecule has 7 heteroatoms. The quantitative estimate of drug-likeness (QED) is 0.345. The molecule has 35 heavy (non-hydrogen) atoms. The number of nitrogens with zero attached hydrogens (tertiary/aromatic N) is 1. The first-order chi connectivity index (χ1) is 17.0. The van der Waals surface area contributed by atoms with E-state index in [2.05, 4.69) is 22.9 Å². The van der Waals surface area contributed by atoms with Gasteiger partial charge in [0.1, 0.15) is 0 Å². The van der Waals surface area contributed by atoms with Crippen LogP contribution in [-0.2, 0) is 4.79 Å². The molecule has 0 spiro atoms. The Balaban J connectivity index is 1.50. The van der Waals surface area contributed by atoms with E-state index in [0.717, 1.165) is 24.2 Å². The smallest absolute Gasteiger partial charge is 0.258 e. The summed E-state index contributed by atoms with van der Waals surface area (Å²) >= 11 is 0. The van der Waals surface area contributed by atoms with Gasteiger partial charge in [0.25, 0.3) is 11.8 Å². The number of hydrogen-bond donors (Lipinski definition) is 3. The molecule has 0 aliphatic heterocycles. The van der Waals surface area contributed by atoms with Gasteiger partial charge in [-0.1, -0.05) is 31.5 Å². The summed E-state index contributed by atoms with van der Waals surface area (Å²) in [6, 6.07) is 23.4.